The third kappa shape index (κ3) is 2.65. The predicted molar refractivity (Wildman–Crippen MR) is 52.0 cm³/mol. The average Bonchev–Trinajstić information content (AvgIpc) is 2.36. The highest BCUT2D eigenvalue weighted by molar-refractivity contribution is 7.11. The molecule has 1 rings (SSSR count). The first-order valence-electron chi connectivity index (χ1n) is 3.74. The SMILES string of the molecule is C#CCc1ncc(CN(C)C)s1. The number of thiazole rings is 1. The average molecular weight is 180 g/mol. The molecule has 1 aromatic heterocycles. The molecule has 0 atom stereocenters. The van der Waals surface area contributed by atoms with Crippen molar-refractivity contribution in [3.05, 3.63) is 16.1 Å². The van der Waals surface area contributed by atoms with E-state index < -0.39 is 0 Å². The topological polar surface area (TPSA) is 16.1 Å². The van der Waals surface area contributed by atoms with Crippen LogP contribution in [-0.2, 0) is 13.0 Å². The summed E-state index contributed by atoms with van der Waals surface area (Å²) in [6.45, 7) is 0.947. The van der Waals surface area contributed by atoms with Crippen molar-refractivity contribution in [1.29, 1.82) is 0 Å². The first-order chi connectivity index (χ1) is 5.72. The Labute approximate surface area is 77.2 Å². The summed E-state index contributed by atoms with van der Waals surface area (Å²) in [7, 11) is 4.08. The van der Waals surface area contributed by atoms with E-state index in [0.29, 0.717) is 6.42 Å². The minimum atomic E-state index is 0.651. The van der Waals surface area contributed by atoms with Crippen LogP contribution in [0.4, 0.5) is 0 Å². The van der Waals surface area contributed by atoms with E-state index in [1.54, 1.807) is 11.3 Å². The Morgan fingerprint density at radius 2 is 2.42 bits per heavy atom. The maximum Gasteiger partial charge on any atom is 0.105 e. The molecule has 0 radical (unpaired) electrons. The minimum absolute atomic E-state index is 0.651. The van der Waals surface area contributed by atoms with Gasteiger partial charge in [-0.3, -0.25) is 0 Å². The second kappa shape index (κ2) is 4.24. The fourth-order valence-corrected chi connectivity index (χ4v) is 1.89. The van der Waals surface area contributed by atoms with Gasteiger partial charge in [0.2, 0.25) is 0 Å². The lowest BCUT2D eigenvalue weighted by Crippen LogP contribution is -2.09. The zero-order chi connectivity index (χ0) is 8.97. The molecule has 0 fully saturated rings. The van der Waals surface area contributed by atoms with Gasteiger partial charge in [0, 0.05) is 17.6 Å². The van der Waals surface area contributed by atoms with E-state index in [1.807, 2.05) is 20.3 Å². The number of hydrogen-bond acceptors (Lipinski definition) is 3. The molecule has 0 unspecified atom stereocenters. The molecular weight excluding hydrogens is 168 g/mol. The Balaban J connectivity index is 2.59. The van der Waals surface area contributed by atoms with Gasteiger partial charge < -0.3 is 4.90 Å². The van der Waals surface area contributed by atoms with Crippen molar-refractivity contribution in [1.82, 2.24) is 9.88 Å². The smallest absolute Gasteiger partial charge is 0.105 e. The zero-order valence-electron chi connectivity index (χ0n) is 7.37. The molecule has 0 aliphatic heterocycles. The van der Waals surface area contributed by atoms with E-state index in [0.717, 1.165) is 11.6 Å². The van der Waals surface area contributed by atoms with Gasteiger partial charge in [0.15, 0.2) is 0 Å². The van der Waals surface area contributed by atoms with Gasteiger partial charge in [-0.2, -0.15) is 0 Å². The van der Waals surface area contributed by atoms with E-state index in [9.17, 15) is 0 Å². The Hall–Kier alpha value is -0.850. The summed E-state index contributed by atoms with van der Waals surface area (Å²) < 4.78 is 0. The quantitative estimate of drug-likeness (QED) is 0.653. The molecule has 0 aliphatic carbocycles. The Kier molecular flexibility index (Phi) is 3.27. The van der Waals surface area contributed by atoms with Crippen LogP contribution in [0.25, 0.3) is 0 Å². The van der Waals surface area contributed by atoms with Crippen molar-refractivity contribution < 1.29 is 0 Å². The van der Waals surface area contributed by atoms with Gasteiger partial charge in [-0.25, -0.2) is 4.98 Å². The molecule has 0 saturated heterocycles. The number of terminal acetylenes is 1. The van der Waals surface area contributed by atoms with Crippen LogP contribution in [0, 0.1) is 12.3 Å². The van der Waals surface area contributed by atoms with E-state index in [4.69, 9.17) is 6.42 Å². The standard InChI is InChI=1S/C9H12N2S/c1-4-5-9-10-6-8(12-9)7-11(2)3/h1,6H,5,7H2,2-3H3. The maximum atomic E-state index is 5.18. The van der Waals surface area contributed by atoms with Crippen LogP contribution in [0.3, 0.4) is 0 Å². The van der Waals surface area contributed by atoms with Crippen LogP contribution in [0.2, 0.25) is 0 Å². The van der Waals surface area contributed by atoms with Crippen molar-refractivity contribution in [3.63, 3.8) is 0 Å². The summed E-state index contributed by atoms with van der Waals surface area (Å²) in [5.41, 5.74) is 0. The second-order valence-electron chi connectivity index (χ2n) is 2.84. The van der Waals surface area contributed by atoms with Crippen LogP contribution in [0.5, 0.6) is 0 Å². The molecule has 64 valence electrons. The lowest BCUT2D eigenvalue weighted by molar-refractivity contribution is 0.406. The molecule has 0 saturated carbocycles. The van der Waals surface area contributed by atoms with Gasteiger partial charge in [-0.15, -0.1) is 17.8 Å². The zero-order valence-corrected chi connectivity index (χ0v) is 8.19. The van der Waals surface area contributed by atoms with E-state index in [-0.39, 0.29) is 0 Å². The molecule has 3 heteroatoms. The van der Waals surface area contributed by atoms with Crippen LogP contribution < -0.4 is 0 Å². The number of hydrogen-bond donors (Lipinski definition) is 0. The van der Waals surface area contributed by atoms with Crippen molar-refractivity contribution in [3.8, 4) is 12.3 Å². The minimum Gasteiger partial charge on any atom is -0.304 e. The molecule has 12 heavy (non-hydrogen) atoms. The lowest BCUT2D eigenvalue weighted by Gasteiger charge is -2.05. The monoisotopic (exact) mass is 180 g/mol. The van der Waals surface area contributed by atoms with Gasteiger partial charge in [-0.1, -0.05) is 5.92 Å². The van der Waals surface area contributed by atoms with Crippen LogP contribution in [0.15, 0.2) is 6.20 Å². The van der Waals surface area contributed by atoms with E-state index in [2.05, 4.69) is 15.8 Å². The fraction of sp³-hybridized carbons (Fsp3) is 0.444. The normalized spacial score (nSPS) is 10.2. The lowest BCUT2D eigenvalue weighted by atomic mass is 10.5. The van der Waals surface area contributed by atoms with Crippen molar-refractivity contribution in [2.45, 2.75) is 13.0 Å². The van der Waals surface area contributed by atoms with Gasteiger partial charge >= 0.3 is 0 Å². The number of aromatic nitrogens is 1. The molecule has 0 amide bonds. The summed E-state index contributed by atoms with van der Waals surface area (Å²) in [4.78, 5) is 7.60. The first kappa shape index (κ1) is 9.24. The van der Waals surface area contributed by atoms with Gasteiger partial charge in [0.1, 0.15) is 5.01 Å². The molecule has 1 heterocycles. The Bertz CT molecular complexity index is 283. The van der Waals surface area contributed by atoms with E-state index >= 15 is 0 Å². The molecular formula is C9H12N2S. The highest BCUT2D eigenvalue weighted by atomic mass is 32.1. The number of rotatable bonds is 3. The third-order valence-corrected chi connectivity index (χ3v) is 2.31. The highest BCUT2D eigenvalue weighted by Crippen LogP contribution is 2.14. The maximum absolute atomic E-state index is 5.18. The number of nitrogens with zero attached hydrogens (tertiary/aromatic N) is 2. The molecule has 0 N–H and O–H groups in total. The van der Waals surface area contributed by atoms with Crippen LogP contribution in [0.1, 0.15) is 9.88 Å². The first-order valence-corrected chi connectivity index (χ1v) is 4.56. The Morgan fingerprint density at radius 3 is 3.00 bits per heavy atom. The molecule has 1 aromatic rings. The largest absolute Gasteiger partial charge is 0.304 e. The fourth-order valence-electron chi connectivity index (χ4n) is 0.902. The molecule has 0 aliphatic rings. The molecule has 2 nitrogen and oxygen atoms in total. The van der Waals surface area contributed by atoms with Crippen LogP contribution >= 0.6 is 11.3 Å². The van der Waals surface area contributed by atoms with Crippen molar-refractivity contribution >= 4 is 11.3 Å². The predicted octanol–water partition coefficient (Wildman–Crippen LogP) is 1.38. The second-order valence-corrected chi connectivity index (χ2v) is 4.04. The third-order valence-electron chi connectivity index (χ3n) is 1.33. The van der Waals surface area contributed by atoms with Crippen LogP contribution in [-0.4, -0.2) is 24.0 Å². The summed E-state index contributed by atoms with van der Waals surface area (Å²) in [5.74, 6) is 2.58. The summed E-state index contributed by atoms with van der Waals surface area (Å²) >= 11 is 1.69. The highest BCUT2D eigenvalue weighted by Gasteiger charge is 2.00. The summed E-state index contributed by atoms with van der Waals surface area (Å²) in [5, 5.41) is 1.04. The molecule has 0 aromatic carbocycles. The van der Waals surface area contributed by atoms with Crippen molar-refractivity contribution in [2.75, 3.05) is 14.1 Å². The van der Waals surface area contributed by atoms with E-state index in [1.165, 1.54) is 4.88 Å². The molecule has 0 bridgehead atoms. The molecule has 0 spiro atoms. The van der Waals surface area contributed by atoms with Crippen molar-refractivity contribution in [2.24, 2.45) is 0 Å². The summed E-state index contributed by atoms with van der Waals surface area (Å²) in [6, 6.07) is 0. The summed E-state index contributed by atoms with van der Waals surface area (Å²) in [6.07, 6.45) is 7.73. The van der Waals surface area contributed by atoms with Gasteiger partial charge in [0.25, 0.3) is 0 Å². The Morgan fingerprint density at radius 1 is 1.67 bits per heavy atom. The van der Waals surface area contributed by atoms with Gasteiger partial charge in [0.05, 0.1) is 6.42 Å². The van der Waals surface area contributed by atoms with Gasteiger partial charge in [-0.05, 0) is 14.1 Å².